The number of anilines is 2. The first kappa shape index (κ1) is 18.7. The number of phenolic OH excluding ortho intramolecular Hbond substituents is 1. The van der Waals surface area contributed by atoms with Crippen LogP contribution in [-0.4, -0.2) is 69.4 Å². The number of aromatic hydroxyl groups is 1. The summed E-state index contributed by atoms with van der Waals surface area (Å²) in [5, 5.41) is 22.0. The SMILES string of the molecule is N=C(c1cc2cc(O)ccc2[nH]1)c1c(N)ncnc1NCC(=O)N1CCOCC1. The average molecular weight is 395 g/mol. The minimum absolute atomic E-state index is 0.0251. The van der Waals surface area contributed by atoms with Crippen molar-refractivity contribution in [2.75, 3.05) is 43.9 Å². The van der Waals surface area contributed by atoms with Crippen molar-refractivity contribution in [2.24, 2.45) is 0 Å². The van der Waals surface area contributed by atoms with Gasteiger partial charge in [0.25, 0.3) is 0 Å². The van der Waals surface area contributed by atoms with Gasteiger partial charge in [-0.1, -0.05) is 0 Å². The van der Waals surface area contributed by atoms with Gasteiger partial charge < -0.3 is 30.8 Å². The van der Waals surface area contributed by atoms with Crippen LogP contribution in [0.4, 0.5) is 11.6 Å². The number of H-pyrrole nitrogens is 1. The molecule has 6 N–H and O–H groups in total. The van der Waals surface area contributed by atoms with Gasteiger partial charge in [-0.3, -0.25) is 10.2 Å². The van der Waals surface area contributed by atoms with Crippen LogP contribution in [0.3, 0.4) is 0 Å². The Labute approximate surface area is 166 Å². The Kier molecular flexibility index (Phi) is 5.00. The zero-order valence-electron chi connectivity index (χ0n) is 15.6. The fourth-order valence-corrected chi connectivity index (χ4v) is 3.25. The highest BCUT2D eigenvalue weighted by atomic mass is 16.5. The summed E-state index contributed by atoms with van der Waals surface area (Å²) >= 11 is 0. The predicted octanol–water partition coefficient (Wildman–Crippen LogP) is 0.933. The summed E-state index contributed by atoms with van der Waals surface area (Å²) in [4.78, 5) is 25.4. The topological polar surface area (TPSA) is 153 Å². The molecule has 0 radical (unpaired) electrons. The first-order valence-electron chi connectivity index (χ1n) is 9.14. The number of amides is 1. The Morgan fingerprint density at radius 1 is 1.31 bits per heavy atom. The molecule has 1 saturated heterocycles. The number of fused-ring (bicyclic) bond motifs is 1. The average Bonchev–Trinajstić information content (AvgIpc) is 3.15. The first-order chi connectivity index (χ1) is 14.0. The van der Waals surface area contributed by atoms with Gasteiger partial charge in [-0.2, -0.15) is 0 Å². The lowest BCUT2D eigenvalue weighted by Gasteiger charge is -2.27. The number of aromatic nitrogens is 3. The summed E-state index contributed by atoms with van der Waals surface area (Å²) in [6.07, 6.45) is 1.29. The van der Waals surface area contributed by atoms with E-state index in [1.165, 1.54) is 6.33 Å². The molecule has 29 heavy (non-hydrogen) atoms. The monoisotopic (exact) mass is 395 g/mol. The number of benzene rings is 1. The molecule has 1 aliphatic rings. The zero-order valence-corrected chi connectivity index (χ0v) is 15.6. The van der Waals surface area contributed by atoms with Gasteiger partial charge in [-0.05, 0) is 24.3 Å². The van der Waals surface area contributed by atoms with Crippen LogP contribution in [-0.2, 0) is 9.53 Å². The molecule has 0 aliphatic carbocycles. The van der Waals surface area contributed by atoms with Crippen LogP contribution in [0.2, 0.25) is 0 Å². The number of aromatic amines is 1. The Morgan fingerprint density at radius 3 is 2.90 bits per heavy atom. The van der Waals surface area contributed by atoms with E-state index in [1.54, 1.807) is 29.2 Å². The molecular formula is C19H21N7O3. The van der Waals surface area contributed by atoms with Gasteiger partial charge in [-0.15, -0.1) is 0 Å². The molecule has 2 aromatic heterocycles. The predicted molar refractivity (Wildman–Crippen MR) is 108 cm³/mol. The molecule has 1 aliphatic heterocycles. The second-order valence-electron chi connectivity index (χ2n) is 6.66. The van der Waals surface area contributed by atoms with Crippen LogP contribution in [0, 0.1) is 5.41 Å². The van der Waals surface area contributed by atoms with E-state index in [0.717, 1.165) is 10.9 Å². The molecule has 3 heterocycles. The number of hydrogen-bond acceptors (Lipinski definition) is 8. The summed E-state index contributed by atoms with van der Waals surface area (Å²) in [6, 6.07) is 6.64. The number of nitrogen functional groups attached to an aromatic ring is 1. The maximum Gasteiger partial charge on any atom is 0.242 e. The number of carbonyl (C=O) groups excluding carboxylic acids is 1. The Balaban J connectivity index is 1.57. The summed E-state index contributed by atoms with van der Waals surface area (Å²) < 4.78 is 5.26. The maximum absolute atomic E-state index is 12.4. The highest BCUT2D eigenvalue weighted by Gasteiger charge is 2.20. The maximum atomic E-state index is 12.4. The van der Waals surface area contributed by atoms with E-state index in [0.29, 0.717) is 43.4 Å². The van der Waals surface area contributed by atoms with Crippen molar-refractivity contribution in [3.63, 3.8) is 0 Å². The van der Waals surface area contributed by atoms with E-state index < -0.39 is 0 Å². The molecule has 0 atom stereocenters. The van der Waals surface area contributed by atoms with Crippen LogP contribution in [0.1, 0.15) is 11.3 Å². The van der Waals surface area contributed by atoms with Gasteiger partial charge in [0.15, 0.2) is 0 Å². The highest BCUT2D eigenvalue weighted by Crippen LogP contribution is 2.25. The number of carbonyl (C=O) groups is 1. The number of nitrogens with two attached hydrogens (primary N) is 1. The van der Waals surface area contributed by atoms with Crippen LogP contribution in [0.15, 0.2) is 30.6 Å². The Bertz CT molecular complexity index is 1070. The molecule has 150 valence electrons. The fourth-order valence-electron chi connectivity index (χ4n) is 3.25. The molecular weight excluding hydrogens is 374 g/mol. The van der Waals surface area contributed by atoms with Crippen molar-refractivity contribution in [1.82, 2.24) is 19.9 Å². The third-order valence-electron chi connectivity index (χ3n) is 4.77. The van der Waals surface area contributed by atoms with Crippen molar-refractivity contribution in [3.8, 4) is 5.75 Å². The zero-order chi connectivity index (χ0) is 20.4. The summed E-state index contributed by atoms with van der Waals surface area (Å²) in [6.45, 7) is 2.18. The number of phenols is 1. The van der Waals surface area contributed by atoms with Crippen molar-refractivity contribution in [1.29, 1.82) is 5.41 Å². The van der Waals surface area contributed by atoms with E-state index in [-0.39, 0.29) is 29.7 Å². The van der Waals surface area contributed by atoms with Gasteiger partial charge in [0, 0.05) is 24.0 Å². The van der Waals surface area contributed by atoms with Crippen molar-refractivity contribution < 1.29 is 14.6 Å². The van der Waals surface area contributed by atoms with Gasteiger partial charge in [0.1, 0.15) is 23.7 Å². The number of ether oxygens (including phenoxy) is 1. The lowest BCUT2D eigenvalue weighted by Crippen LogP contribution is -2.43. The van der Waals surface area contributed by atoms with Crippen LogP contribution >= 0.6 is 0 Å². The van der Waals surface area contributed by atoms with Crippen molar-refractivity contribution in [2.45, 2.75) is 0 Å². The van der Waals surface area contributed by atoms with Crippen molar-refractivity contribution >= 4 is 34.2 Å². The molecule has 0 bridgehead atoms. The number of nitrogens with one attached hydrogen (secondary N) is 3. The smallest absolute Gasteiger partial charge is 0.242 e. The van der Waals surface area contributed by atoms with E-state index in [4.69, 9.17) is 15.9 Å². The third kappa shape index (κ3) is 3.83. The summed E-state index contributed by atoms with van der Waals surface area (Å²) in [7, 11) is 0. The number of nitrogens with zero attached hydrogens (tertiary/aromatic N) is 3. The first-order valence-corrected chi connectivity index (χ1v) is 9.14. The molecule has 10 nitrogen and oxygen atoms in total. The standard InChI is InChI=1S/C19H21N7O3/c20-17(14-8-11-7-12(27)1-2-13(11)25-14)16-18(21)23-10-24-19(16)22-9-15(28)26-3-5-29-6-4-26/h1-2,7-8,10,20,25,27H,3-6,9H2,(H3,21,22,23,24). The van der Waals surface area contributed by atoms with Crippen molar-refractivity contribution in [3.05, 3.63) is 41.9 Å². The molecule has 0 spiro atoms. The van der Waals surface area contributed by atoms with Gasteiger partial charge >= 0.3 is 0 Å². The van der Waals surface area contributed by atoms with E-state index in [9.17, 15) is 9.90 Å². The van der Waals surface area contributed by atoms with Crippen LogP contribution < -0.4 is 11.1 Å². The third-order valence-corrected chi connectivity index (χ3v) is 4.77. The lowest BCUT2D eigenvalue weighted by molar-refractivity contribution is -0.133. The molecule has 10 heteroatoms. The molecule has 1 fully saturated rings. The number of morpholine rings is 1. The Hall–Kier alpha value is -3.66. The Morgan fingerprint density at radius 2 is 2.10 bits per heavy atom. The molecule has 4 rings (SSSR count). The minimum atomic E-state index is -0.0796. The van der Waals surface area contributed by atoms with Crippen LogP contribution in [0.5, 0.6) is 5.75 Å². The largest absolute Gasteiger partial charge is 0.508 e. The molecule has 1 amide bonds. The molecule has 3 aromatic rings. The van der Waals surface area contributed by atoms with E-state index in [2.05, 4.69) is 20.3 Å². The molecule has 0 unspecified atom stereocenters. The second-order valence-corrected chi connectivity index (χ2v) is 6.66. The summed E-state index contributed by atoms with van der Waals surface area (Å²) in [5.41, 5.74) is 7.68. The minimum Gasteiger partial charge on any atom is -0.508 e. The van der Waals surface area contributed by atoms with Gasteiger partial charge in [0.2, 0.25) is 5.91 Å². The quantitative estimate of drug-likeness (QED) is 0.403. The normalized spacial score (nSPS) is 14.1. The van der Waals surface area contributed by atoms with E-state index >= 15 is 0 Å². The van der Waals surface area contributed by atoms with E-state index in [1.807, 2.05) is 0 Å². The van der Waals surface area contributed by atoms with Crippen LogP contribution in [0.25, 0.3) is 10.9 Å². The number of hydrogen-bond donors (Lipinski definition) is 5. The van der Waals surface area contributed by atoms with Gasteiger partial charge in [-0.25, -0.2) is 9.97 Å². The molecule has 1 aromatic carbocycles. The molecule has 0 saturated carbocycles. The summed E-state index contributed by atoms with van der Waals surface area (Å²) in [5.74, 6) is 0.503. The highest BCUT2D eigenvalue weighted by molar-refractivity contribution is 6.16. The second kappa shape index (κ2) is 7.76. The lowest BCUT2D eigenvalue weighted by atomic mass is 10.1. The number of rotatable bonds is 5. The van der Waals surface area contributed by atoms with Gasteiger partial charge in [0.05, 0.1) is 36.7 Å². The fraction of sp³-hybridized carbons (Fsp3) is 0.263.